The number of halogens is 1. The number of hydrogen-bond acceptors (Lipinski definition) is 4. The number of rotatable bonds is 6. The average Bonchev–Trinajstić information content (AvgIpc) is 2.87. The molecule has 3 aromatic carbocycles. The monoisotopic (exact) mass is 536 g/mol. The number of nitrogens with one attached hydrogen (secondary N) is 1. The summed E-state index contributed by atoms with van der Waals surface area (Å²) in [6.45, 7) is 8.62. The van der Waals surface area contributed by atoms with Gasteiger partial charge in [0.2, 0.25) is 5.91 Å². The molecule has 3 aromatic rings. The third-order valence-electron chi connectivity index (χ3n) is 7.28. The molecule has 38 heavy (non-hydrogen) atoms. The number of piperidine rings is 1. The summed E-state index contributed by atoms with van der Waals surface area (Å²) in [5.41, 5.74) is 1.09. The number of fused-ring (bicyclic) bond motifs is 1. The zero-order chi connectivity index (χ0) is 27.5. The number of benzene rings is 3. The van der Waals surface area contributed by atoms with Crippen LogP contribution < -0.4 is 10.1 Å². The minimum absolute atomic E-state index is 0.0388. The Morgan fingerprint density at radius 2 is 1.71 bits per heavy atom. The highest BCUT2D eigenvalue weighted by atomic mass is 35.5. The van der Waals surface area contributed by atoms with Crippen LogP contribution in [0.2, 0.25) is 5.02 Å². The van der Waals surface area contributed by atoms with Crippen LogP contribution in [0.5, 0.6) is 5.75 Å². The van der Waals surface area contributed by atoms with E-state index in [1.807, 2.05) is 82.3 Å². The fraction of sp³-hybridized carbons (Fsp3) is 0.419. The lowest BCUT2D eigenvalue weighted by Gasteiger charge is -2.42. The van der Waals surface area contributed by atoms with E-state index in [9.17, 15) is 9.59 Å². The zero-order valence-electron chi connectivity index (χ0n) is 22.8. The average molecular weight is 537 g/mol. The Balaban J connectivity index is 1.54. The zero-order valence-corrected chi connectivity index (χ0v) is 23.6. The fourth-order valence-electron chi connectivity index (χ4n) is 5.29. The van der Waals surface area contributed by atoms with E-state index in [0.717, 1.165) is 27.6 Å². The molecule has 0 aliphatic carbocycles. The van der Waals surface area contributed by atoms with Gasteiger partial charge in [-0.2, -0.15) is 0 Å². The largest absolute Gasteiger partial charge is 0.497 e. The van der Waals surface area contributed by atoms with Gasteiger partial charge in [0, 0.05) is 29.9 Å². The van der Waals surface area contributed by atoms with Gasteiger partial charge in [0.1, 0.15) is 11.4 Å². The highest BCUT2D eigenvalue weighted by molar-refractivity contribution is 6.31. The van der Waals surface area contributed by atoms with Crippen molar-refractivity contribution in [2.75, 3.05) is 20.2 Å². The first-order chi connectivity index (χ1) is 18.0. The highest BCUT2D eigenvalue weighted by Crippen LogP contribution is 2.40. The molecule has 1 unspecified atom stereocenters. The lowest BCUT2D eigenvalue weighted by Crippen LogP contribution is -2.48. The first-order valence-electron chi connectivity index (χ1n) is 13.1. The second kappa shape index (κ2) is 11.2. The molecule has 1 fully saturated rings. The van der Waals surface area contributed by atoms with Crippen LogP contribution >= 0.6 is 11.6 Å². The van der Waals surface area contributed by atoms with Crippen molar-refractivity contribution in [2.24, 2.45) is 0 Å². The molecule has 1 saturated heterocycles. The molecule has 202 valence electrons. The highest BCUT2D eigenvalue weighted by Gasteiger charge is 2.40. The van der Waals surface area contributed by atoms with Crippen LogP contribution in [-0.4, -0.2) is 42.7 Å². The molecule has 0 bridgehead atoms. The molecule has 1 aliphatic heterocycles. The Labute approximate surface area is 230 Å². The number of amides is 2. The Hall–Kier alpha value is -3.25. The van der Waals surface area contributed by atoms with Crippen LogP contribution in [0.3, 0.4) is 0 Å². The standard InChI is InChI=1S/C31H37ClN2O4/c1-21(27-19-24(32)18-22-8-6-7-9-26(22)27)33-28(35)20-31(23-10-12-25(37-5)13-11-23)14-16-34(17-15-31)29(36)38-30(2,3)4/h6-13,18-19,21H,14-17,20H2,1-5H3,(H,33,35). The van der Waals surface area contributed by atoms with E-state index >= 15 is 0 Å². The molecule has 6 nitrogen and oxygen atoms in total. The second-order valence-electron chi connectivity index (χ2n) is 11.2. The van der Waals surface area contributed by atoms with Gasteiger partial charge in [-0.25, -0.2) is 4.79 Å². The van der Waals surface area contributed by atoms with Crippen LogP contribution in [0.4, 0.5) is 4.79 Å². The Kier molecular flexibility index (Phi) is 8.22. The van der Waals surface area contributed by atoms with E-state index < -0.39 is 11.0 Å². The van der Waals surface area contributed by atoms with E-state index in [-0.39, 0.29) is 18.0 Å². The summed E-state index contributed by atoms with van der Waals surface area (Å²) in [5.74, 6) is 0.726. The van der Waals surface area contributed by atoms with Crippen LogP contribution in [0.1, 0.15) is 64.1 Å². The summed E-state index contributed by atoms with van der Waals surface area (Å²) in [4.78, 5) is 28.0. The van der Waals surface area contributed by atoms with Gasteiger partial charge >= 0.3 is 6.09 Å². The molecule has 1 atom stereocenters. The fourth-order valence-corrected chi connectivity index (χ4v) is 5.53. The number of methoxy groups -OCH3 is 1. The molecule has 1 heterocycles. The minimum Gasteiger partial charge on any atom is -0.497 e. The van der Waals surface area contributed by atoms with Crippen LogP contribution in [-0.2, 0) is 14.9 Å². The molecule has 0 spiro atoms. The minimum atomic E-state index is -0.553. The molecular formula is C31H37ClN2O4. The van der Waals surface area contributed by atoms with Gasteiger partial charge in [0.25, 0.3) is 0 Å². The van der Waals surface area contributed by atoms with Crippen molar-refractivity contribution in [1.29, 1.82) is 0 Å². The third-order valence-corrected chi connectivity index (χ3v) is 7.49. The van der Waals surface area contributed by atoms with Crippen molar-refractivity contribution < 1.29 is 19.1 Å². The molecule has 7 heteroatoms. The quantitative estimate of drug-likeness (QED) is 0.367. The number of carbonyl (C=O) groups is 2. The van der Waals surface area contributed by atoms with Crippen LogP contribution in [0.15, 0.2) is 60.7 Å². The van der Waals surface area contributed by atoms with Crippen molar-refractivity contribution in [3.63, 3.8) is 0 Å². The Bertz CT molecular complexity index is 1290. The van der Waals surface area contributed by atoms with Crippen molar-refractivity contribution >= 4 is 34.4 Å². The van der Waals surface area contributed by atoms with Crippen molar-refractivity contribution in [2.45, 2.75) is 64.0 Å². The molecule has 2 amide bonds. The molecule has 1 aliphatic rings. The van der Waals surface area contributed by atoms with Gasteiger partial charge in [-0.15, -0.1) is 0 Å². The number of nitrogens with zero attached hydrogens (tertiary/aromatic N) is 1. The summed E-state index contributed by atoms with van der Waals surface area (Å²) in [5, 5.41) is 5.97. The molecule has 1 N–H and O–H groups in total. The number of hydrogen-bond donors (Lipinski definition) is 1. The Morgan fingerprint density at radius 1 is 1.05 bits per heavy atom. The van der Waals surface area contributed by atoms with Crippen molar-refractivity contribution in [1.82, 2.24) is 10.2 Å². The lowest BCUT2D eigenvalue weighted by molar-refractivity contribution is -0.123. The molecule has 0 saturated carbocycles. The van der Waals surface area contributed by atoms with Crippen LogP contribution in [0.25, 0.3) is 10.8 Å². The number of ether oxygens (including phenoxy) is 2. The van der Waals surface area contributed by atoms with E-state index in [4.69, 9.17) is 21.1 Å². The van der Waals surface area contributed by atoms with E-state index in [2.05, 4.69) is 11.4 Å². The van der Waals surface area contributed by atoms with Gasteiger partial charge in [-0.3, -0.25) is 4.79 Å². The second-order valence-corrected chi connectivity index (χ2v) is 11.6. The molecule has 0 radical (unpaired) electrons. The van der Waals surface area contributed by atoms with Crippen molar-refractivity contribution in [3.05, 3.63) is 76.8 Å². The maximum absolute atomic E-state index is 13.5. The summed E-state index contributed by atoms with van der Waals surface area (Å²) < 4.78 is 10.9. The van der Waals surface area contributed by atoms with Crippen molar-refractivity contribution in [3.8, 4) is 5.75 Å². The first-order valence-corrected chi connectivity index (χ1v) is 13.5. The van der Waals surface area contributed by atoms with Gasteiger partial charge in [-0.1, -0.05) is 48.0 Å². The smallest absolute Gasteiger partial charge is 0.410 e. The van der Waals surface area contributed by atoms with E-state index in [1.165, 1.54) is 0 Å². The van der Waals surface area contributed by atoms with Gasteiger partial charge in [0.05, 0.1) is 13.2 Å². The maximum atomic E-state index is 13.5. The summed E-state index contributed by atoms with van der Waals surface area (Å²) in [7, 11) is 1.64. The summed E-state index contributed by atoms with van der Waals surface area (Å²) in [6.07, 6.45) is 1.30. The molecular weight excluding hydrogens is 500 g/mol. The van der Waals surface area contributed by atoms with Gasteiger partial charge in [0.15, 0.2) is 0 Å². The van der Waals surface area contributed by atoms with Crippen LogP contribution in [0, 0.1) is 0 Å². The predicted molar refractivity (Wildman–Crippen MR) is 152 cm³/mol. The Morgan fingerprint density at radius 3 is 2.34 bits per heavy atom. The predicted octanol–water partition coefficient (Wildman–Crippen LogP) is 7.04. The van der Waals surface area contributed by atoms with E-state index in [0.29, 0.717) is 37.4 Å². The topological polar surface area (TPSA) is 67.9 Å². The number of carbonyl (C=O) groups excluding carboxylic acids is 2. The lowest BCUT2D eigenvalue weighted by atomic mass is 9.70. The normalized spacial score (nSPS) is 16.1. The number of likely N-dealkylation sites (tertiary alicyclic amines) is 1. The van der Waals surface area contributed by atoms with E-state index in [1.54, 1.807) is 12.0 Å². The first kappa shape index (κ1) is 27.8. The maximum Gasteiger partial charge on any atom is 0.410 e. The van der Waals surface area contributed by atoms with Gasteiger partial charge < -0.3 is 19.7 Å². The SMILES string of the molecule is COc1ccc(C2(CC(=O)NC(C)c3cc(Cl)cc4ccccc34)CCN(C(=O)OC(C)(C)C)CC2)cc1. The summed E-state index contributed by atoms with van der Waals surface area (Å²) >= 11 is 6.40. The summed E-state index contributed by atoms with van der Waals surface area (Å²) in [6, 6.07) is 19.6. The molecule has 0 aromatic heterocycles. The third kappa shape index (κ3) is 6.41. The molecule has 4 rings (SSSR count). The van der Waals surface area contributed by atoms with Gasteiger partial charge in [-0.05, 0) is 86.7 Å².